The van der Waals surface area contributed by atoms with E-state index in [2.05, 4.69) is 0 Å². The molecule has 47 valence electrons. The van der Waals surface area contributed by atoms with Crippen molar-refractivity contribution in [1.82, 2.24) is 0 Å². The fourth-order valence-corrected chi connectivity index (χ4v) is 0. The van der Waals surface area contributed by atoms with Crippen LogP contribution in [0.1, 0.15) is 0 Å². The summed E-state index contributed by atoms with van der Waals surface area (Å²) in [4.78, 5) is 0. The molecule has 0 unspecified atom stereocenters. The molecule has 0 aromatic carbocycles. The van der Waals surface area contributed by atoms with Gasteiger partial charge in [0.2, 0.25) is 0 Å². The van der Waals surface area contributed by atoms with Crippen LogP contribution < -0.4 is 0 Å². The Hall–Kier alpha value is 2.82. The molecule has 1 radical (unpaired) electrons. The zero-order valence-corrected chi connectivity index (χ0v) is 13.6. The molecule has 0 aliphatic carbocycles. The molecule has 0 aromatic rings. The zero-order valence-electron chi connectivity index (χ0n) is 3.56. The Balaban J connectivity index is 0. The molecule has 0 aliphatic rings. The van der Waals surface area contributed by atoms with Gasteiger partial charge in [-0.15, -0.1) is 0 Å². The van der Waals surface area contributed by atoms with E-state index >= 15 is 0 Å². The van der Waals surface area contributed by atoms with Gasteiger partial charge in [0.05, 0.1) is 0 Å². The SMILES string of the molecule is O.O.S.[Cd].[Co].[Ni].[Zn]. The van der Waals surface area contributed by atoms with Crippen molar-refractivity contribution in [3.05, 3.63) is 0 Å². The van der Waals surface area contributed by atoms with E-state index < -0.39 is 0 Å². The van der Waals surface area contributed by atoms with Crippen LogP contribution >= 0.6 is 13.5 Å². The first-order chi connectivity index (χ1) is 0. The summed E-state index contributed by atoms with van der Waals surface area (Å²) in [5, 5.41) is 0. The summed E-state index contributed by atoms with van der Waals surface area (Å²) in [5.41, 5.74) is 0. The van der Waals surface area contributed by atoms with E-state index in [0.717, 1.165) is 0 Å². The van der Waals surface area contributed by atoms with Crippen LogP contribution in [0.25, 0.3) is 0 Å². The Labute approximate surface area is 103 Å². The minimum absolute atomic E-state index is 0. The van der Waals surface area contributed by atoms with Crippen molar-refractivity contribution in [3.63, 3.8) is 0 Å². The van der Waals surface area contributed by atoms with E-state index in [0.29, 0.717) is 0 Å². The van der Waals surface area contributed by atoms with Gasteiger partial charge in [-0.1, -0.05) is 0 Å². The van der Waals surface area contributed by atoms with Gasteiger partial charge in [0.15, 0.2) is 0 Å². The van der Waals surface area contributed by atoms with Gasteiger partial charge < -0.3 is 11.0 Å². The maximum atomic E-state index is 0. The third-order valence-electron chi connectivity index (χ3n) is 0. The van der Waals surface area contributed by atoms with Gasteiger partial charge in [0.1, 0.15) is 0 Å². The first kappa shape index (κ1) is 96.2. The Morgan fingerprint density at radius 3 is 0.857 bits per heavy atom. The Kier molecular flexibility index (Phi) is 934. The molecule has 0 atom stereocenters. The standard InChI is InChI=1S/Cd.Co.Ni.2H2O.H2S.Zn/h;;;3*1H2;. The summed E-state index contributed by atoms with van der Waals surface area (Å²) in [6.45, 7) is 0. The van der Waals surface area contributed by atoms with Gasteiger partial charge >= 0.3 is 0 Å². The topological polar surface area (TPSA) is 63.0 Å². The largest absolute Gasteiger partial charge is 0.412 e. The van der Waals surface area contributed by atoms with Gasteiger partial charge in [-0.2, -0.15) is 13.5 Å². The number of hydrogen-bond acceptors (Lipinski definition) is 0. The Bertz CT molecular complexity index is 17.7. The van der Waals surface area contributed by atoms with Crippen molar-refractivity contribution in [2.75, 3.05) is 0 Å². The predicted octanol–water partition coefficient (Wildman–Crippen LogP) is -1.55. The summed E-state index contributed by atoms with van der Waals surface area (Å²) < 4.78 is 0. The average molecular weight is 366 g/mol. The normalized spacial score (nSPS) is 0. The molecule has 0 aromatic heterocycles. The van der Waals surface area contributed by atoms with Crippen molar-refractivity contribution in [3.8, 4) is 0 Å². The average Bonchev–Trinajstić information content (AvgIpc) is 0. The minimum atomic E-state index is 0. The maximum absolute atomic E-state index is 0. The van der Waals surface area contributed by atoms with Gasteiger partial charge in [0.25, 0.3) is 0 Å². The molecule has 0 fully saturated rings. The van der Waals surface area contributed by atoms with Crippen LogP contribution in [0, 0.1) is 0 Å². The molecule has 0 amide bonds. The number of rotatable bonds is 0. The van der Waals surface area contributed by atoms with Crippen molar-refractivity contribution < 1.29 is 91.0 Å². The van der Waals surface area contributed by atoms with E-state index in [4.69, 9.17) is 0 Å². The van der Waals surface area contributed by atoms with Crippen molar-refractivity contribution in [2.24, 2.45) is 0 Å². The maximum Gasteiger partial charge on any atom is 0 e. The van der Waals surface area contributed by atoms with E-state index in [1.165, 1.54) is 0 Å². The monoisotopic (exact) mass is 365 g/mol. The summed E-state index contributed by atoms with van der Waals surface area (Å²) in [6, 6.07) is 0. The molecular formula is H6CdCoNiO2SZn. The second-order valence-corrected chi connectivity index (χ2v) is 0. The molecule has 0 aliphatic heterocycles. The summed E-state index contributed by atoms with van der Waals surface area (Å²) in [7, 11) is 0. The summed E-state index contributed by atoms with van der Waals surface area (Å²) >= 11 is 0. The van der Waals surface area contributed by atoms with Crippen LogP contribution in [-0.2, 0) is 80.0 Å². The van der Waals surface area contributed by atoms with Crippen LogP contribution in [0.3, 0.4) is 0 Å². The molecule has 0 rings (SSSR count). The van der Waals surface area contributed by atoms with E-state index in [-0.39, 0.29) is 104 Å². The smallest absolute Gasteiger partial charge is 0 e. The second kappa shape index (κ2) is 67.9. The zero-order chi connectivity index (χ0) is 0. The molecule has 0 saturated carbocycles. The van der Waals surface area contributed by atoms with Crippen LogP contribution in [0.2, 0.25) is 0 Å². The van der Waals surface area contributed by atoms with Crippen LogP contribution in [0.5, 0.6) is 0 Å². The quantitative estimate of drug-likeness (QED) is 0.467. The van der Waals surface area contributed by atoms with Crippen molar-refractivity contribution in [2.45, 2.75) is 0 Å². The molecule has 7 heavy (non-hydrogen) atoms. The molecule has 0 spiro atoms. The van der Waals surface area contributed by atoms with Crippen LogP contribution in [0.15, 0.2) is 0 Å². The molecule has 0 heterocycles. The Morgan fingerprint density at radius 1 is 0.857 bits per heavy atom. The molecule has 4 N–H and O–H groups in total. The van der Waals surface area contributed by atoms with Crippen LogP contribution in [0.4, 0.5) is 0 Å². The van der Waals surface area contributed by atoms with E-state index in [1.54, 1.807) is 0 Å². The third kappa shape index (κ3) is 51.7. The van der Waals surface area contributed by atoms with E-state index in [1.807, 2.05) is 0 Å². The minimum Gasteiger partial charge on any atom is -0.412 e. The second-order valence-electron chi connectivity index (χ2n) is 0. The third-order valence-corrected chi connectivity index (χ3v) is 0. The molecule has 0 bridgehead atoms. The van der Waals surface area contributed by atoms with Crippen molar-refractivity contribution >= 4 is 13.5 Å². The summed E-state index contributed by atoms with van der Waals surface area (Å²) in [6.07, 6.45) is 0. The van der Waals surface area contributed by atoms with Gasteiger partial charge in [-0.3, -0.25) is 0 Å². The summed E-state index contributed by atoms with van der Waals surface area (Å²) in [5.74, 6) is 0. The van der Waals surface area contributed by atoms with Crippen molar-refractivity contribution in [1.29, 1.82) is 0 Å². The first-order valence-corrected chi connectivity index (χ1v) is 0. The Morgan fingerprint density at radius 2 is 0.857 bits per heavy atom. The predicted molar refractivity (Wildman–Crippen MR) is 17.6 cm³/mol. The number of hydrogen-bond donors (Lipinski definition) is 0. The van der Waals surface area contributed by atoms with Gasteiger partial charge in [-0.05, 0) is 0 Å². The van der Waals surface area contributed by atoms with Gasteiger partial charge in [-0.25, -0.2) is 0 Å². The molecule has 0 saturated heterocycles. The molecular weight excluding hydrogens is 359 g/mol. The first-order valence-electron chi connectivity index (χ1n) is 0. The van der Waals surface area contributed by atoms with Gasteiger partial charge in [0, 0.05) is 80.0 Å². The fraction of sp³-hybridized carbons (Fsp3) is 0. The fourth-order valence-electron chi connectivity index (χ4n) is 0. The van der Waals surface area contributed by atoms with E-state index in [9.17, 15) is 0 Å². The molecule has 2 nitrogen and oxygen atoms in total. The molecule has 7 heteroatoms. The van der Waals surface area contributed by atoms with Crippen LogP contribution in [-0.4, -0.2) is 11.0 Å².